The smallest absolute Gasteiger partial charge is 0.119 e. The molecular formula is C12H19NO. The number of hydrogen-bond donors (Lipinski definition) is 1. The van der Waals surface area contributed by atoms with Gasteiger partial charge in [0.25, 0.3) is 0 Å². The minimum absolute atomic E-state index is 0.264. The van der Waals surface area contributed by atoms with Crippen molar-refractivity contribution in [3.05, 3.63) is 29.8 Å². The Morgan fingerprint density at radius 1 is 1.29 bits per heavy atom. The van der Waals surface area contributed by atoms with Crippen LogP contribution in [0.4, 0.5) is 0 Å². The first kappa shape index (κ1) is 11.1. The average Bonchev–Trinajstić information content (AvgIpc) is 2.21. The Balaban J connectivity index is 2.28. The monoisotopic (exact) mass is 193 g/mol. The zero-order valence-corrected chi connectivity index (χ0v) is 8.99. The van der Waals surface area contributed by atoms with Gasteiger partial charge in [0.15, 0.2) is 0 Å². The van der Waals surface area contributed by atoms with Crippen LogP contribution in [0, 0.1) is 6.92 Å². The molecule has 0 radical (unpaired) electrons. The van der Waals surface area contributed by atoms with Gasteiger partial charge in [0.05, 0.1) is 6.61 Å². The Kier molecular flexibility index (Phi) is 4.47. The highest BCUT2D eigenvalue weighted by molar-refractivity contribution is 5.26. The molecule has 0 saturated heterocycles. The van der Waals surface area contributed by atoms with E-state index in [9.17, 15) is 0 Å². The third-order valence-corrected chi connectivity index (χ3v) is 2.30. The largest absolute Gasteiger partial charge is 0.494 e. The number of rotatable bonds is 5. The first-order chi connectivity index (χ1) is 6.72. The predicted octanol–water partition coefficient (Wildman–Crippen LogP) is 2.50. The van der Waals surface area contributed by atoms with Gasteiger partial charge < -0.3 is 10.5 Å². The van der Waals surface area contributed by atoms with E-state index in [1.54, 1.807) is 0 Å². The highest BCUT2D eigenvalue weighted by atomic mass is 16.5. The second-order valence-corrected chi connectivity index (χ2v) is 3.62. The Labute approximate surface area is 86.1 Å². The molecule has 0 bridgehead atoms. The molecule has 1 aromatic carbocycles. The lowest BCUT2D eigenvalue weighted by molar-refractivity contribution is 0.296. The van der Waals surface area contributed by atoms with Crippen LogP contribution in [0.2, 0.25) is 0 Å². The molecule has 1 rings (SSSR count). The minimum atomic E-state index is 0.264. The van der Waals surface area contributed by atoms with Gasteiger partial charge in [-0.3, -0.25) is 0 Å². The summed E-state index contributed by atoms with van der Waals surface area (Å²) < 4.78 is 5.55. The summed E-state index contributed by atoms with van der Waals surface area (Å²) in [6.07, 6.45) is 1.93. The lowest BCUT2D eigenvalue weighted by atomic mass is 10.2. The number of nitrogens with two attached hydrogens (primary N) is 1. The maximum Gasteiger partial charge on any atom is 0.119 e. The van der Waals surface area contributed by atoms with Crippen LogP contribution < -0.4 is 10.5 Å². The van der Waals surface area contributed by atoms with Crippen molar-refractivity contribution in [2.75, 3.05) is 6.61 Å². The van der Waals surface area contributed by atoms with E-state index in [1.165, 1.54) is 5.56 Å². The van der Waals surface area contributed by atoms with Gasteiger partial charge in [-0.15, -0.1) is 0 Å². The van der Waals surface area contributed by atoms with E-state index >= 15 is 0 Å². The summed E-state index contributed by atoms with van der Waals surface area (Å²) in [5.74, 6) is 0.930. The summed E-state index contributed by atoms with van der Waals surface area (Å²) in [5.41, 5.74) is 7.03. The SMILES string of the molecule is CCC(N)CCOc1ccc(C)cc1. The molecule has 0 aromatic heterocycles. The Morgan fingerprint density at radius 3 is 2.50 bits per heavy atom. The molecule has 2 nitrogen and oxygen atoms in total. The van der Waals surface area contributed by atoms with E-state index < -0.39 is 0 Å². The van der Waals surface area contributed by atoms with Gasteiger partial charge in [-0.1, -0.05) is 24.6 Å². The Bertz CT molecular complexity index is 256. The minimum Gasteiger partial charge on any atom is -0.494 e. The summed E-state index contributed by atoms with van der Waals surface area (Å²) in [6.45, 7) is 4.87. The highest BCUT2D eigenvalue weighted by Gasteiger charge is 1.99. The van der Waals surface area contributed by atoms with Crippen molar-refractivity contribution in [2.45, 2.75) is 32.7 Å². The molecule has 78 valence electrons. The van der Waals surface area contributed by atoms with Crippen LogP contribution in [-0.4, -0.2) is 12.6 Å². The van der Waals surface area contributed by atoms with Gasteiger partial charge in [0.2, 0.25) is 0 Å². The molecule has 0 saturated carbocycles. The molecule has 0 amide bonds. The second kappa shape index (κ2) is 5.66. The Morgan fingerprint density at radius 2 is 1.93 bits per heavy atom. The van der Waals surface area contributed by atoms with Crippen molar-refractivity contribution in [2.24, 2.45) is 5.73 Å². The van der Waals surface area contributed by atoms with Crippen molar-refractivity contribution >= 4 is 0 Å². The van der Waals surface area contributed by atoms with Gasteiger partial charge in [0, 0.05) is 6.04 Å². The summed E-state index contributed by atoms with van der Waals surface area (Å²) in [5, 5.41) is 0. The molecule has 2 N–H and O–H groups in total. The molecular weight excluding hydrogens is 174 g/mol. The molecule has 1 atom stereocenters. The molecule has 1 aromatic rings. The maximum atomic E-state index is 5.78. The van der Waals surface area contributed by atoms with E-state index in [0.29, 0.717) is 6.61 Å². The number of hydrogen-bond acceptors (Lipinski definition) is 2. The first-order valence-electron chi connectivity index (χ1n) is 5.17. The molecule has 0 aliphatic rings. The van der Waals surface area contributed by atoms with Gasteiger partial charge >= 0.3 is 0 Å². The van der Waals surface area contributed by atoms with Crippen molar-refractivity contribution in [3.8, 4) is 5.75 Å². The van der Waals surface area contributed by atoms with Crippen LogP contribution in [-0.2, 0) is 0 Å². The normalized spacial score (nSPS) is 12.5. The third-order valence-electron chi connectivity index (χ3n) is 2.30. The third kappa shape index (κ3) is 3.79. The van der Waals surface area contributed by atoms with Crippen LogP contribution in [0.3, 0.4) is 0 Å². The van der Waals surface area contributed by atoms with Gasteiger partial charge in [-0.25, -0.2) is 0 Å². The molecule has 0 spiro atoms. The molecule has 2 heteroatoms. The van der Waals surface area contributed by atoms with Gasteiger partial charge in [0.1, 0.15) is 5.75 Å². The van der Waals surface area contributed by atoms with Crippen molar-refractivity contribution in [1.29, 1.82) is 0 Å². The fourth-order valence-electron chi connectivity index (χ4n) is 1.17. The first-order valence-corrected chi connectivity index (χ1v) is 5.17. The fraction of sp³-hybridized carbons (Fsp3) is 0.500. The number of benzene rings is 1. The lowest BCUT2D eigenvalue weighted by Gasteiger charge is -2.10. The van der Waals surface area contributed by atoms with Crippen LogP contribution in [0.5, 0.6) is 5.75 Å². The Hall–Kier alpha value is -1.02. The summed E-state index contributed by atoms with van der Waals surface area (Å²) in [6, 6.07) is 8.35. The van der Waals surface area contributed by atoms with Crippen LogP contribution in [0.15, 0.2) is 24.3 Å². The van der Waals surface area contributed by atoms with Gasteiger partial charge in [-0.05, 0) is 31.9 Å². The number of ether oxygens (including phenoxy) is 1. The summed E-state index contributed by atoms with van der Waals surface area (Å²) in [7, 11) is 0. The second-order valence-electron chi connectivity index (χ2n) is 3.62. The van der Waals surface area contributed by atoms with E-state index in [-0.39, 0.29) is 6.04 Å². The molecule has 0 aliphatic heterocycles. The van der Waals surface area contributed by atoms with E-state index in [4.69, 9.17) is 10.5 Å². The fourth-order valence-corrected chi connectivity index (χ4v) is 1.17. The van der Waals surface area contributed by atoms with Gasteiger partial charge in [-0.2, -0.15) is 0 Å². The molecule has 0 fully saturated rings. The standard InChI is InChI=1S/C12H19NO/c1-3-11(13)8-9-14-12-6-4-10(2)5-7-12/h4-7,11H,3,8-9,13H2,1-2H3. The maximum absolute atomic E-state index is 5.78. The quantitative estimate of drug-likeness (QED) is 0.779. The zero-order valence-electron chi connectivity index (χ0n) is 8.99. The number of aryl methyl sites for hydroxylation is 1. The van der Waals surface area contributed by atoms with E-state index in [0.717, 1.165) is 18.6 Å². The predicted molar refractivity (Wildman–Crippen MR) is 59.6 cm³/mol. The molecule has 1 unspecified atom stereocenters. The average molecular weight is 193 g/mol. The molecule has 0 heterocycles. The lowest BCUT2D eigenvalue weighted by Crippen LogP contribution is -2.21. The summed E-state index contributed by atoms with van der Waals surface area (Å²) >= 11 is 0. The van der Waals surface area contributed by atoms with Crippen LogP contribution in [0.1, 0.15) is 25.3 Å². The van der Waals surface area contributed by atoms with E-state index in [2.05, 4.69) is 26.0 Å². The van der Waals surface area contributed by atoms with Crippen LogP contribution in [0.25, 0.3) is 0 Å². The molecule has 14 heavy (non-hydrogen) atoms. The highest BCUT2D eigenvalue weighted by Crippen LogP contribution is 2.11. The molecule has 0 aliphatic carbocycles. The topological polar surface area (TPSA) is 35.2 Å². The van der Waals surface area contributed by atoms with E-state index in [1.807, 2.05) is 12.1 Å². The van der Waals surface area contributed by atoms with Crippen LogP contribution >= 0.6 is 0 Å². The summed E-state index contributed by atoms with van der Waals surface area (Å²) in [4.78, 5) is 0. The van der Waals surface area contributed by atoms with Crippen molar-refractivity contribution in [3.63, 3.8) is 0 Å². The van der Waals surface area contributed by atoms with Crippen molar-refractivity contribution in [1.82, 2.24) is 0 Å². The van der Waals surface area contributed by atoms with Crippen molar-refractivity contribution < 1.29 is 4.74 Å². The zero-order chi connectivity index (χ0) is 10.4.